The Labute approximate surface area is 108 Å². The molecule has 0 aliphatic carbocycles. The summed E-state index contributed by atoms with van der Waals surface area (Å²) in [5, 5.41) is 2.41. The molecule has 0 saturated heterocycles. The number of alkyl halides is 1. The predicted molar refractivity (Wildman–Crippen MR) is 67.9 cm³/mol. The van der Waals surface area contributed by atoms with E-state index in [0.717, 1.165) is 5.56 Å². The molecule has 1 amide bonds. The van der Waals surface area contributed by atoms with Crippen LogP contribution >= 0.6 is 15.9 Å². The molecule has 0 radical (unpaired) electrons. The molecular formula is C12H14BrNO3. The van der Waals surface area contributed by atoms with Gasteiger partial charge >= 0.3 is 6.09 Å². The van der Waals surface area contributed by atoms with Crippen molar-refractivity contribution in [3.63, 3.8) is 0 Å². The van der Waals surface area contributed by atoms with Gasteiger partial charge < -0.3 is 14.8 Å². The topological polar surface area (TPSA) is 47.6 Å². The first kappa shape index (κ1) is 12.2. The van der Waals surface area contributed by atoms with Gasteiger partial charge in [0.05, 0.1) is 4.83 Å². The Hall–Kier alpha value is -1.23. The number of hydrogen-bond donors (Lipinski definition) is 1. The molecule has 0 fully saturated rings. The van der Waals surface area contributed by atoms with Crippen LogP contribution in [0.15, 0.2) is 18.2 Å². The molecule has 1 aliphatic rings. The van der Waals surface area contributed by atoms with Crippen molar-refractivity contribution in [3.05, 3.63) is 23.8 Å². The number of nitrogens with one attached hydrogen (secondary N) is 1. The summed E-state index contributed by atoms with van der Waals surface area (Å²) in [6.07, 6.45) is -0.502. The van der Waals surface area contributed by atoms with Crippen molar-refractivity contribution in [3.8, 4) is 11.5 Å². The highest BCUT2D eigenvalue weighted by Crippen LogP contribution is 2.51. The summed E-state index contributed by atoms with van der Waals surface area (Å²) in [5.74, 6) is 1.07. The maximum Gasteiger partial charge on any atom is 0.412 e. The maximum atomic E-state index is 11.2. The van der Waals surface area contributed by atoms with Gasteiger partial charge in [-0.1, -0.05) is 28.1 Å². The fraction of sp³-hybridized carbons (Fsp3) is 0.417. The van der Waals surface area contributed by atoms with E-state index in [1.165, 1.54) is 7.05 Å². The van der Waals surface area contributed by atoms with Crippen molar-refractivity contribution in [2.45, 2.75) is 24.3 Å². The molecule has 0 aromatic heterocycles. The van der Waals surface area contributed by atoms with E-state index in [0.29, 0.717) is 11.5 Å². The second-order valence-corrected chi connectivity index (χ2v) is 5.30. The molecule has 0 bridgehead atoms. The average molecular weight is 300 g/mol. The number of benzene rings is 1. The third-order valence-electron chi connectivity index (χ3n) is 2.66. The predicted octanol–water partition coefficient (Wildman–Crippen LogP) is 3.01. The lowest BCUT2D eigenvalue weighted by Crippen LogP contribution is -2.27. The van der Waals surface area contributed by atoms with Gasteiger partial charge in [-0.25, -0.2) is 4.79 Å². The van der Waals surface area contributed by atoms with Crippen LogP contribution in [0.25, 0.3) is 0 Å². The zero-order chi connectivity index (χ0) is 12.6. The highest BCUT2D eigenvalue weighted by Gasteiger charge is 2.41. The van der Waals surface area contributed by atoms with Gasteiger partial charge in [0, 0.05) is 12.6 Å². The van der Waals surface area contributed by atoms with E-state index in [2.05, 4.69) is 21.2 Å². The minimum absolute atomic E-state index is 0.0817. The van der Waals surface area contributed by atoms with Crippen LogP contribution in [0.5, 0.6) is 11.5 Å². The lowest BCUT2D eigenvalue weighted by Gasteiger charge is -2.21. The van der Waals surface area contributed by atoms with Crippen LogP contribution in [-0.2, 0) is 0 Å². The first-order valence-corrected chi connectivity index (χ1v) is 6.23. The lowest BCUT2D eigenvalue weighted by atomic mass is 10.0. The molecule has 4 nitrogen and oxygen atoms in total. The Bertz CT molecular complexity index is 459. The van der Waals surface area contributed by atoms with E-state index in [1.807, 2.05) is 26.0 Å². The van der Waals surface area contributed by atoms with Crippen LogP contribution in [0.4, 0.5) is 4.79 Å². The number of amides is 1. The monoisotopic (exact) mass is 299 g/mol. The van der Waals surface area contributed by atoms with Gasteiger partial charge in [0.15, 0.2) is 11.5 Å². The first-order chi connectivity index (χ1) is 7.95. The molecule has 0 saturated carbocycles. The fourth-order valence-electron chi connectivity index (χ4n) is 1.76. The number of ether oxygens (including phenoxy) is 2. The standard InChI is InChI=1S/C12H14BrNO3/c1-12(2)10(13)7-5-4-6-8(9(7)17-12)16-11(15)14-3/h4-6,10H,1-3H3,(H,14,15). The van der Waals surface area contributed by atoms with Crippen molar-refractivity contribution < 1.29 is 14.3 Å². The number of halogens is 1. The Morgan fingerprint density at radius 3 is 2.88 bits per heavy atom. The van der Waals surface area contributed by atoms with Gasteiger partial charge in [0.2, 0.25) is 0 Å². The largest absolute Gasteiger partial charge is 0.482 e. The van der Waals surface area contributed by atoms with Crippen molar-refractivity contribution >= 4 is 22.0 Å². The number of rotatable bonds is 1. The number of hydrogen-bond acceptors (Lipinski definition) is 3. The van der Waals surface area contributed by atoms with Crippen LogP contribution in [0.3, 0.4) is 0 Å². The fourth-order valence-corrected chi connectivity index (χ4v) is 2.22. The quantitative estimate of drug-likeness (QED) is 0.811. The third kappa shape index (κ3) is 2.11. The SMILES string of the molecule is CNC(=O)Oc1cccc2c1OC(C)(C)C2Br. The highest BCUT2D eigenvalue weighted by atomic mass is 79.9. The van der Waals surface area contributed by atoms with Gasteiger partial charge in [0.1, 0.15) is 5.60 Å². The van der Waals surface area contributed by atoms with E-state index in [4.69, 9.17) is 9.47 Å². The van der Waals surface area contributed by atoms with E-state index < -0.39 is 6.09 Å². The van der Waals surface area contributed by atoms with Crippen LogP contribution < -0.4 is 14.8 Å². The molecule has 1 atom stereocenters. The third-order valence-corrected chi connectivity index (χ3v) is 4.26. The Balaban J connectivity index is 2.37. The molecule has 17 heavy (non-hydrogen) atoms. The van der Waals surface area contributed by atoms with Crippen LogP contribution in [0.1, 0.15) is 24.2 Å². The van der Waals surface area contributed by atoms with Gasteiger partial charge in [-0.05, 0) is 19.9 Å². The molecule has 1 N–H and O–H groups in total. The number of carbonyl (C=O) groups excluding carboxylic acids is 1. The summed E-state index contributed by atoms with van der Waals surface area (Å²) in [7, 11) is 1.52. The summed E-state index contributed by atoms with van der Waals surface area (Å²) in [5.41, 5.74) is 0.640. The Morgan fingerprint density at radius 1 is 1.53 bits per heavy atom. The second-order valence-electron chi connectivity index (χ2n) is 4.38. The molecular weight excluding hydrogens is 286 g/mol. The van der Waals surface area contributed by atoms with E-state index >= 15 is 0 Å². The summed E-state index contributed by atoms with van der Waals surface area (Å²) in [6.45, 7) is 3.96. The van der Waals surface area contributed by atoms with Crippen molar-refractivity contribution in [2.75, 3.05) is 7.05 Å². The minimum atomic E-state index is -0.502. The lowest BCUT2D eigenvalue weighted by molar-refractivity contribution is 0.132. The number of carbonyl (C=O) groups is 1. The summed E-state index contributed by atoms with van der Waals surface area (Å²) < 4.78 is 11.0. The summed E-state index contributed by atoms with van der Waals surface area (Å²) in [4.78, 5) is 11.3. The molecule has 1 unspecified atom stereocenters. The Morgan fingerprint density at radius 2 is 2.24 bits per heavy atom. The Kier molecular flexibility index (Phi) is 3.03. The average Bonchev–Trinajstić information content (AvgIpc) is 2.52. The van der Waals surface area contributed by atoms with Crippen molar-refractivity contribution in [2.24, 2.45) is 0 Å². The zero-order valence-electron chi connectivity index (χ0n) is 9.91. The van der Waals surface area contributed by atoms with E-state index in [1.54, 1.807) is 6.07 Å². The first-order valence-electron chi connectivity index (χ1n) is 5.31. The van der Waals surface area contributed by atoms with Crippen LogP contribution in [0.2, 0.25) is 0 Å². The molecule has 1 aromatic carbocycles. The summed E-state index contributed by atoms with van der Waals surface area (Å²) in [6, 6.07) is 5.52. The van der Waals surface area contributed by atoms with E-state index in [9.17, 15) is 4.79 Å². The zero-order valence-corrected chi connectivity index (χ0v) is 11.5. The number of fused-ring (bicyclic) bond motifs is 1. The van der Waals surface area contributed by atoms with Crippen molar-refractivity contribution in [1.82, 2.24) is 5.32 Å². The highest BCUT2D eigenvalue weighted by molar-refractivity contribution is 9.09. The molecule has 2 rings (SSSR count). The molecule has 0 spiro atoms. The van der Waals surface area contributed by atoms with Gasteiger partial charge in [-0.3, -0.25) is 0 Å². The molecule has 1 heterocycles. The van der Waals surface area contributed by atoms with Gasteiger partial charge in [0.25, 0.3) is 0 Å². The van der Waals surface area contributed by atoms with Crippen molar-refractivity contribution in [1.29, 1.82) is 0 Å². The number of para-hydroxylation sites is 1. The smallest absolute Gasteiger partial charge is 0.412 e. The van der Waals surface area contributed by atoms with Crippen LogP contribution in [-0.4, -0.2) is 18.7 Å². The summed E-state index contributed by atoms with van der Waals surface area (Å²) >= 11 is 3.59. The van der Waals surface area contributed by atoms with Gasteiger partial charge in [-0.15, -0.1) is 0 Å². The van der Waals surface area contributed by atoms with E-state index in [-0.39, 0.29) is 10.4 Å². The van der Waals surface area contributed by atoms with Crippen LogP contribution in [0, 0.1) is 0 Å². The second kappa shape index (κ2) is 4.22. The molecule has 1 aliphatic heterocycles. The molecule has 92 valence electrons. The minimum Gasteiger partial charge on any atom is -0.482 e. The van der Waals surface area contributed by atoms with Gasteiger partial charge in [-0.2, -0.15) is 0 Å². The molecule has 1 aromatic rings. The molecule has 5 heteroatoms. The normalized spacial score (nSPS) is 20.4. The maximum absolute atomic E-state index is 11.2.